The Morgan fingerprint density at radius 2 is 1.92 bits per heavy atom. The zero-order valence-corrected chi connectivity index (χ0v) is 8.52. The van der Waals surface area contributed by atoms with Gasteiger partial charge in [0.15, 0.2) is 0 Å². The van der Waals surface area contributed by atoms with Crippen molar-refractivity contribution in [3.8, 4) is 0 Å². The predicted octanol–water partition coefficient (Wildman–Crippen LogP) is 1.01. The number of nitrogens with one attached hydrogen (secondary N) is 1. The Kier molecular flexibility index (Phi) is 2.42. The molecule has 1 N–H and O–H groups in total. The van der Waals surface area contributed by atoms with Gasteiger partial charge in [-0.25, -0.2) is 0 Å². The zero-order valence-electron chi connectivity index (χ0n) is 8.52. The van der Waals surface area contributed by atoms with Crippen LogP contribution in [0, 0.1) is 5.41 Å². The lowest BCUT2D eigenvalue weighted by Gasteiger charge is -2.45. The third-order valence-electron chi connectivity index (χ3n) is 2.79. The minimum atomic E-state index is 0.209. The van der Waals surface area contributed by atoms with Crippen molar-refractivity contribution in [1.29, 1.82) is 5.41 Å². The molecule has 1 saturated heterocycles. The average Bonchev–Trinajstić information content (AvgIpc) is 1.94. The van der Waals surface area contributed by atoms with Gasteiger partial charge in [0.05, 0.1) is 5.84 Å². The number of amidine groups is 1. The molecule has 70 valence electrons. The van der Waals surface area contributed by atoms with Gasteiger partial charge in [-0.15, -0.1) is 0 Å². The smallest absolute Gasteiger partial charge is 0.0926 e. The summed E-state index contributed by atoms with van der Waals surface area (Å²) < 4.78 is 0. The van der Waals surface area contributed by atoms with E-state index in [-0.39, 0.29) is 5.54 Å². The van der Waals surface area contributed by atoms with Crippen molar-refractivity contribution in [2.45, 2.75) is 26.3 Å². The van der Waals surface area contributed by atoms with Gasteiger partial charge in [0.2, 0.25) is 0 Å². The standard InChI is InChI=1S/C9H19N3/c1-8(10)12-6-5-11(4)9(2,3)7-12/h10H,5-7H2,1-4H3. The van der Waals surface area contributed by atoms with Crippen LogP contribution < -0.4 is 0 Å². The van der Waals surface area contributed by atoms with E-state index in [1.807, 2.05) is 6.92 Å². The number of rotatable bonds is 0. The van der Waals surface area contributed by atoms with Gasteiger partial charge < -0.3 is 4.90 Å². The van der Waals surface area contributed by atoms with Crippen LogP contribution >= 0.6 is 0 Å². The molecule has 3 heteroatoms. The van der Waals surface area contributed by atoms with Gasteiger partial charge in [-0.1, -0.05) is 0 Å². The van der Waals surface area contributed by atoms with E-state index in [9.17, 15) is 0 Å². The molecule has 0 aromatic rings. The minimum absolute atomic E-state index is 0.209. The van der Waals surface area contributed by atoms with Gasteiger partial charge in [-0.05, 0) is 27.8 Å². The summed E-state index contributed by atoms with van der Waals surface area (Å²) in [6.07, 6.45) is 0. The quantitative estimate of drug-likeness (QED) is 0.433. The molecular formula is C9H19N3. The molecule has 12 heavy (non-hydrogen) atoms. The summed E-state index contributed by atoms with van der Waals surface area (Å²) in [5.74, 6) is 0.691. The van der Waals surface area contributed by atoms with Gasteiger partial charge in [0.1, 0.15) is 0 Å². The van der Waals surface area contributed by atoms with E-state index in [1.54, 1.807) is 0 Å². The molecule has 1 heterocycles. The Bertz CT molecular complexity index is 186. The Labute approximate surface area is 74.9 Å². The Balaban J connectivity index is 2.63. The van der Waals surface area contributed by atoms with Crippen LogP contribution in [-0.2, 0) is 0 Å². The molecule has 0 spiro atoms. The lowest BCUT2D eigenvalue weighted by molar-refractivity contribution is 0.0738. The Morgan fingerprint density at radius 3 is 2.33 bits per heavy atom. The lowest BCUT2D eigenvalue weighted by Crippen LogP contribution is -2.58. The third-order valence-corrected chi connectivity index (χ3v) is 2.79. The number of piperazine rings is 1. The van der Waals surface area contributed by atoms with E-state index in [0.29, 0.717) is 5.84 Å². The molecule has 1 fully saturated rings. The van der Waals surface area contributed by atoms with Crippen molar-refractivity contribution in [2.24, 2.45) is 0 Å². The van der Waals surface area contributed by atoms with Crippen molar-refractivity contribution in [1.82, 2.24) is 9.80 Å². The first kappa shape index (κ1) is 9.52. The Hall–Kier alpha value is -0.570. The molecule has 0 saturated carbocycles. The number of hydrogen-bond donors (Lipinski definition) is 1. The van der Waals surface area contributed by atoms with E-state index >= 15 is 0 Å². The van der Waals surface area contributed by atoms with E-state index in [1.165, 1.54) is 0 Å². The van der Waals surface area contributed by atoms with Crippen molar-refractivity contribution >= 4 is 5.84 Å². The topological polar surface area (TPSA) is 30.3 Å². The molecule has 1 rings (SSSR count). The van der Waals surface area contributed by atoms with Gasteiger partial charge in [-0.2, -0.15) is 0 Å². The lowest BCUT2D eigenvalue weighted by atomic mass is 10.00. The summed E-state index contributed by atoms with van der Waals surface area (Å²) in [4.78, 5) is 4.49. The second-order valence-corrected chi connectivity index (χ2v) is 4.24. The van der Waals surface area contributed by atoms with Crippen LogP contribution in [0.25, 0.3) is 0 Å². The van der Waals surface area contributed by atoms with Crippen LogP contribution in [0.15, 0.2) is 0 Å². The highest BCUT2D eigenvalue weighted by Crippen LogP contribution is 2.18. The van der Waals surface area contributed by atoms with Crippen LogP contribution in [0.4, 0.5) is 0 Å². The molecule has 1 aliphatic heterocycles. The molecule has 0 unspecified atom stereocenters. The van der Waals surface area contributed by atoms with Crippen molar-refractivity contribution in [2.75, 3.05) is 26.7 Å². The van der Waals surface area contributed by atoms with Crippen molar-refractivity contribution in [3.63, 3.8) is 0 Å². The van der Waals surface area contributed by atoms with Gasteiger partial charge >= 0.3 is 0 Å². The predicted molar refractivity (Wildman–Crippen MR) is 51.7 cm³/mol. The van der Waals surface area contributed by atoms with Crippen LogP contribution in [0.2, 0.25) is 0 Å². The summed E-state index contributed by atoms with van der Waals surface area (Å²) in [6.45, 7) is 9.34. The molecular weight excluding hydrogens is 150 g/mol. The SMILES string of the molecule is CC(=N)N1CCN(C)C(C)(C)C1. The van der Waals surface area contributed by atoms with Crippen LogP contribution in [-0.4, -0.2) is 47.9 Å². The van der Waals surface area contributed by atoms with Crippen molar-refractivity contribution in [3.05, 3.63) is 0 Å². The average molecular weight is 169 g/mol. The highest BCUT2D eigenvalue weighted by molar-refractivity contribution is 5.76. The van der Waals surface area contributed by atoms with Gasteiger partial charge in [0.25, 0.3) is 0 Å². The second kappa shape index (κ2) is 3.05. The first-order valence-electron chi connectivity index (χ1n) is 4.45. The highest BCUT2D eigenvalue weighted by atomic mass is 15.3. The number of nitrogens with zero attached hydrogens (tertiary/aromatic N) is 2. The first-order chi connectivity index (χ1) is 5.43. The van der Waals surface area contributed by atoms with E-state index in [4.69, 9.17) is 5.41 Å². The monoisotopic (exact) mass is 169 g/mol. The summed E-state index contributed by atoms with van der Waals surface area (Å²) in [5.41, 5.74) is 0.209. The molecule has 3 nitrogen and oxygen atoms in total. The molecule has 0 aromatic heterocycles. The fraction of sp³-hybridized carbons (Fsp3) is 0.889. The number of hydrogen-bond acceptors (Lipinski definition) is 2. The largest absolute Gasteiger partial charge is 0.358 e. The molecule has 1 aliphatic rings. The van der Waals surface area contributed by atoms with Gasteiger partial charge in [0, 0.05) is 25.2 Å². The van der Waals surface area contributed by atoms with Gasteiger partial charge in [-0.3, -0.25) is 10.3 Å². The molecule has 0 radical (unpaired) electrons. The van der Waals surface area contributed by atoms with Crippen LogP contribution in [0.3, 0.4) is 0 Å². The number of likely N-dealkylation sites (N-methyl/N-ethyl adjacent to an activating group) is 1. The zero-order chi connectivity index (χ0) is 9.35. The van der Waals surface area contributed by atoms with Crippen molar-refractivity contribution < 1.29 is 0 Å². The first-order valence-corrected chi connectivity index (χ1v) is 4.45. The Morgan fingerprint density at radius 1 is 1.33 bits per heavy atom. The molecule has 0 atom stereocenters. The maximum Gasteiger partial charge on any atom is 0.0926 e. The summed E-state index contributed by atoms with van der Waals surface area (Å²) in [6, 6.07) is 0. The van der Waals surface area contributed by atoms with Crippen LogP contribution in [0.5, 0.6) is 0 Å². The molecule has 0 aliphatic carbocycles. The maximum atomic E-state index is 7.54. The summed E-state index contributed by atoms with van der Waals surface area (Å²) in [5, 5.41) is 7.54. The molecule has 0 amide bonds. The fourth-order valence-electron chi connectivity index (χ4n) is 1.53. The minimum Gasteiger partial charge on any atom is -0.358 e. The summed E-state index contributed by atoms with van der Waals surface area (Å²) >= 11 is 0. The van der Waals surface area contributed by atoms with E-state index in [2.05, 4.69) is 30.7 Å². The normalized spacial score (nSPS) is 24.2. The van der Waals surface area contributed by atoms with E-state index in [0.717, 1.165) is 19.6 Å². The molecule has 0 aromatic carbocycles. The van der Waals surface area contributed by atoms with Crippen LogP contribution in [0.1, 0.15) is 20.8 Å². The second-order valence-electron chi connectivity index (χ2n) is 4.24. The maximum absolute atomic E-state index is 7.54. The molecule has 0 bridgehead atoms. The fourth-order valence-corrected chi connectivity index (χ4v) is 1.53. The highest BCUT2D eigenvalue weighted by Gasteiger charge is 2.30. The third kappa shape index (κ3) is 1.78. The van der Waals surface area contributed by atoms with E-state index < -0.39 is 0 Å². The summed E-state index contributed by atoms with van der Waals surface area (Å²) in [7, 11) is 2.15.